The van der Waals surface area contributed by atoms with Crippen LogP contribution in [-0.4, -0.2) is 46.5 Å². The van der Waals surface area contributed by atoms with Crippen LogP contribution < -0.4 is 0 Å². The summed E-state index contributed by atoms with van der Waals surface area (Å²) < 4.78 is 5.26. The molecule has 0 spiro atoms. The quantitative estimate of drug-likeness (QED) is 0.818. The molecule has 28 heavy (non-hydrogen) atoms. The van der Waals surface area contributed by atoms with E-state index in [9.17, 15) is 4.79 Å². The van der Waals surface area contributed by atoms with Gasteiger partial charge in [-0.1, -0.05) is 35.5 Å². The predicted molar refractivity (Wildman–Crippen MR) is 107 cm³/mol. The second kappa shape index (κ2) is 7.36. The molecule has 1 amide bonds. The van der Waals surface area contributed by atoms with Crippen LogP contribution in [0.3, 0.4) is 0 Å². The van der Waals surface area contributed by atoms with Crippen molar-refractivity contribution in [3.05, 3.63) is 53.4 Å². The number of fused-ring (bicyclic) bond motifs is 4. The molecule has 3 aliphatic heterocycles. The molecule has 3 saturated heterocycles. The first-order chi connectivity index (χ1) is 13.7. The normalized spacial score (nSPS) is 30.1. The molecule has 0 aliphatic carbocycles. The Hall–Kier alpha value is -2.14. The number of carbonyl (C=O) groups is 1. The Morgan fingerprint density at radius 1 is 1.18 bits per heavy atom. The number of piperidine rings is 3. The summed E-state index contributed by atoms with van der Waals surface area (Å²) in [5.41, 5.74) is 2.30. The van der Waals surface area contributed by atoms with Gasteiger partial charge in [-0.3, -0.25) is 9.69 Å². The lowest BCUT2D eigenvalue weighted by Crippen LogP contribution is -2.60. The van der Waals surface area contributed by atoms with Crippen LogP contribution in [0.25, 0.3) is 0 Å². The van der Waals surface area contributed by atoms with Crippen molar-refractivity contribution < 1.29 is 9.32 Å². The van der Waals surface area contributed by atoms with Crippen molar-refractivity contribution in [3.8, 4) is 0 Å². The number of rotatable bonds is 3. The Morgan fingerprint density at radius 2 is 2.04 bits per heavy atom. The number of hydrogen-bond donors (Lipinski definition) is 0. The van der Waals surface area contributed by atoms with Crippen LogP contribution in [0.5, 0.6) is 0 Å². The van der Waals surface area contributed by atoms with Gasteiger partial charge < -0.3 is 9.42 Å². The van der Waals surface area contributed by atoms with Gasteiger partial charge in [-0.15, -0.1) is 0 Å². The molecule has 2 bridgehead atoms. The van der Waals surface area contributed by atoms with Gasteiger partial charge in [-0.2, -0.15) is 0 Å². The predicted octanol–water partition coefficient (Wildman–Crippen LogP) is 3.60. The van der Waals surface area contributed by atoms with Crippen molar-refractivity contribution in [1.82, 2.24) is 15.0 Å². The van der Waals surface area contributed by atoms with Gasteiger partial charge in [0.15, 0.2) is 0 Å². The molecule has 0 saturated carbocycles. The highest BCUT2D eigenvalue weighted by atomic mass is 16.5. The third kappa shape index (κ3) is 3.37. The maximum Gasteiger partial charge on any atom is 0.230 e. The molecular formula is C23H29N3O2. The smallest absolute Gasteiger partial charge is 0.230 e. The number of carbonyl (C=O) groups excluding carboxylic acids is 1. The first-order valence-electron chi connectivity index (χ1n) is 10.7. The van der Waals surface area contributed by atoms with Crippen molar-refractivity contribution in [2.75, 3.05) is 19.6 Å². The molecular weight excluding hydrogens is 350 g/mol. The summed E-state index contributed by atoms with van der Waals surface area (Å²) in [5, 5.41) is 3.91. The summed E-state index contributed by atoms with van der Waals surface area (Å²) >= 11 is 0. The van der Waals surface area contributed by atoms with Crippen LogP contribution in [0.1, 0.15) is 48.7 Å². The van der Waals surface area contributed by atoms with E-state index in [-0.39, 0.29) is 5.91 Å². The van der Waals surface area contributed by atoms with E-state index in [1.807, 2.05) is 13.0 Å². The van der Waals surface area contributed by atoms with Crippen molar-refractivity contribution in [1.29, 1.82) is 0 Å². The van der Waals surface area contributed by atoms with E-state index in [0.29, 0.717) is 36.1 Å². The van der Waals surface area contributed by atoms with Gasteiger partial charge in [0.1, 0.15) is 5.76 Å². The SMILES string of the molecule is Cc1cc(CC(=O)N2C[C@@H]3C[C@H](C2)[C@@H]2CCC[C@H](c4ccccc4)N2C3)on1. The summed E-state index contributed by atoms with van der Waals surface area (Å²) in [7, 11) is 0. The molecule has 2 aromatic rings. The standard InChI is InChI=1S/C23H29N3O2/c1-16-10-20(28-24-16)12-23(27)25-13-17-11-19(15-25)22-9-5-8-21(26(22)14-17)18-6-3-2-4-7-18/h2-4,6-7,10,17,19,21-22H,5,8-9,11-15H2,1H3/t17-,19+,21+,22-/m0/s1. The van der Waals surface area contributed by atoms with Crippen LogP contribution in [0.2, 0.25) is 0 Å². The van der Waals surface area contributed by atoms with Gasteiger partial charge in [0.2, 0.25) is 5.91 Å². The number of benzene rings is 1. The van der Waals surface area contributed by atoms with E-state index in [1.165, 1.54) is 31.2 Å². The van der Waals surface area contributed by atoms with Crippen LogP contribution in [0.15, 0.2) is 40.9 Å². The van der Waals surface area contributed by atoms with Gasteiger partial charge in [-0.05, 0) is 50.0 Å². The third-order valence-electron chi connectivity index (χ3n) is 6.93. The highest BCUT2D eigenvalue weighted by Crippen LogP contribution is 2.44. The number of aryl methyl sites for hydroxylation is 1. The number of aromatic nitrogens is 1. The minimum atomic E-state index is 0.190. The van der Waals surface area contributed by atoms with Crippen molar-refractivity contribution in [2.45, 2.75) is 51.1 Å². The van der Waals surface area contributed by atoms with Crippen molar-refractivity contribution >= 4 is 5.91 Å². The first-order valence-corrected chi connectivity index (χ1v) is 10.7. The van der Waals surface area contributed by atoms with E-state index in [1.54, 1.807) is 0 Å². The van der Waals surface area contributed by atoms with Crippen LogP contribution >= 0.6 is 0 Å². The summed E-state index contributed by atoms with van der Waals surface area (Å²) in [4.78, 5) is 17.8. The van der Waals surface area contributed by atoms with Crippen molar-refractivity contribution in [3.63, 3.8) is 0 Å². The molecule has 0 N–H and O–H groups in total. The molecule has 148 valence electrons. The minimum absolute atomic E-state index is 0.190. The van der Waals surface area contributed by atoms with Gasteiger partial charge in [0.25, 0.3) is 0 Å². The zero-order valence-corrected chi connectivity index (χ0v) is 16.6. The molecule has 1 aromatic heterocycles. The number of nitrogens with zero attached hydrogens (tertiary/aromatic N) is 3. The summed E-state index contributed by atoms with van der Waals surface area (Å²) in [5.74, 6) is 2.05. The van der Waals surface area contributed by atoms with Gasteiger partial charge in [0.05, 0.1) is 12.1 Å². The van der Waals surface area contributed by atoms with Gasteiger partial charge in [0, 0.05) is 37.8 Å². The lowest BCUT2D eigenvalue weighted by molar-refractivity contribution is -0.138. The maximum absolute atomic E-state index is 12.9. The highest BCUT2D eigenvalue weighted by molar-refractivity contribution is 5.78. The van der Waals surface area contributed by atoms with E-state index in [0.717, 1.165) is 25.3 Å². The maximum atomic E-state index is 12.9. The molecule has 3 aliphatic rings. The van der Waals surface area contributed by atoms with E-state index in [2.05, 4.69) is 45.3 Å². The fourth-order valence-corrected chi connectivity index (χ4v) is 5.81. The molecule has 0 unspecified atom stereocenters. The summed E-state index contributed by atoms with van der Waals surface area (Å²) in [6.45, 7) is 4.79. The number of likely N-dealkylation sites (tertiary alicyclic amines) is 1. The first kappa shape index (κ1) is 17.9. The Labute approximate surface area is 166 Å². The summed E-state index contributed by atoms with van der Waals surface area (Å²) in [6, 6.07) is 14.0. The lowest BCUT2D eigenvalue weighted by atomic mass is 9.74. The van der Waals surface area contributed by atoms with Crippen LogP contribution in [0.4, 0.5) is 0 Å². The van der Waals surface area contributed by atoms with Gasteiger partial charge >= 0.3 is 0 Å². The Kier molecular flexibility index (Phi) is 4.71. The van der Waals surface area contributed by atoms with E-state index >= 15 is 0 Å². The molecule has 1 aromatic carbocycles. The second-order valence-corrected chi connectivity index (χ2v) is 8.89. The third-order valence-corrected chi connectivity index (χ3v) is 6.93. The molecule has 5 heteroatoms. The molecule has 5 rings (SSSR count). The fraction of sp³-hybridized carbons (Fsp3) is 0.565. The number of amides is 1. The number of hydrogen-bond acceptors (Lipinski definition) is 4. The molecule has 3 fully saturated rings. The fourth-order valence-electron chi connectivity index (χ4n) is 5.81. The zero-order chi connectivity index (χ0) is 19.1. The zero-order valence-electron chi connectivity index (χ0n) is 16.6. The highest BCUT2D eigenvalue weighted by Gasteiger charge is 2.45. The average Bonchev–Trinajstić information content (AvgIpc) is 3.12. The Morgan fingerprint density at radius 3 is 2.82 bits per heavy atom. The van der Waals surface area contributed by atoms with E-state index < -0.39 is 0 Å². The molecule has 5 nitrogen and oxygen atoms in total. The van der Waals surface area contributed by atoms with Crippen LogP contribution in [-0.2, 0) is 11.2 Å². The topological polar surface area (TPSA) is 49.6 Å². The Bertz CT molecular complexity index is 833. The lowest BCUT2D eigenvalue weighted by Gasteiger charge is -2.55. The molecule has 4 heterocycles. The second-order valence-electron chi connectivity index (χ2n) is 8.89. The monoisotopic (exact) mass is 379 g/mol. The van der Waals surface area contributed by atoms with Crippen LogP contribution in [0, 0.1) is 18.8 Å². The molecule has 4 atom stereocenters. The largest absolute Gasteiger partial charge is 0.361 e. The van der Waals surface area contributed by atoms with Crippen molar-refractivity contribution in [2.24, 2.45) is 11.8 Å². The summed E-state index contributed by atoms with van der Waals surface area (Å²) in [6.07, 6.45) is 5.42. The molecule has 0 radical (unpaired) electrons. The van der Waals surface area contributed by atoms with E-state index in [4.69, 9.17) is 4.52 Å². The Balaban J connectivity index is 1.30. The van der Waals surface area contributed by atoms with Gasteiger partial charge in [-0.25, -0.2) is 0 Å². The average molecular weight is 380 g/mol. The minimum Gasteiger partial charge on any atom is -0.361 e.